The SMILES string of the molecule is CN(C)Cc1c(-c2ccccc2Cl)[nH]c2ccccc12. The van der Waals surface area contributed by atoms with Gasteiger partial charge in [-0.15, -0.1) is 0 Å². The van der Waals surface area contributed by atoms with Gasteiger partial charge in [0.15, 0.2) is 0 Å². The highest BCUT2D eigenvalue weighted by Crippen LogP contribution is 2.34. The van der Waals surface area contributed by atoms with E-state index in [1.807, 2.05) is 18.2 Å². The summed E-state index contributed by atoms with van der Waals surface area (Å²) in [6.07, 6.45) is 0. The Kier molecular flexibility index (Phi) is 3.51. The number of aromatic nitrogens is 1. The third-order valence-electron chi connectivity index (χ3n) is 3.43. The van der Waals surface area contributed by atoms with Crippen molar-refractivity contribution >= 4 is 22.5 Å². The highest BCUT2D eigenvalue weighted by atomic mass is 35.5. The molecule has 0 unspecified atom stereocenters. The molecule has 0 amide bonds. The molecule has 0 aliphatic carbocycles. The van der Waals surface area contributed by atoms with Gasteiger partial charge in [0.1, 0.15) is 0 Å². The molecule has 1 aromatic heterocycles. The molecule has 0 radical (unpaired) electrons. The van der Waals surface area contributed by atoms with Crippen LogP contribution < -0.4 is 0 Å². The minimum absolute atomic E-state index is 0.777. The number of benzene rings is 2. The lowest BCUT2D eigenvalue weighted by Crippen LogP contribution is -2.11. The third-order valence-corrected chi connectivity index (χ3v) is 3.76. The first-order chi connectivity index (χ1) is 9.66. The van der Waals surface area contributed by atoms with Crippen molar-refractivity contribution in [2.45, 2.75) is 6.54 Å². The van der Waals surface area contributed by atoms with Crippen LogP contribution in [0.2, 0.25) is 5.02 Å². The van der Waals surface area contributed by atoms with E-state index in [9.17, 15) is 0 Å². The van der Waals surface area contributed by atoms with Gasteiger partial charge in [0.05, 0.1) is 5.69 Å². The number of H-pyrrole nitrogens is 1. The van der Waals surface area contributed by atoms with Gasteiger partial charge in [0.2, 0.25) is 0 Å². The fourth-order valence-corrected chi connectivity index (χ4v) is 2.80. The molecular weight excluding hydrogens is 268 g/mol. The summed E-state index contributed by atoms with van der Waals surface area (Å²) in [7, 11) is 4.16. The molecule has 2 aromatic carbocycles. The highest BCUT2D eigenvalue weighted by molar-refractivity contribution is 6.33. The van der Waals surface area contributed by atoms with E-state index in [-0.39, 0.29) is 0 Å². The fraction of sp³-hybridized carbons (Fsp3) is 0.176. The van der Waals surface area contributed by atoms with Crippen molar-refractivity contribution in [3.05, 3.63) is 59.1 Å². The van der Waals surface area contributed by atoms with E-state index in [1.165, 1.54) is 10.9 Å². The molecule has 0 aliphatic heterocycles. The van der Waals surface area contributed by atoms with E-state index in [1.54, 1.807) is 0 Å². The highest BCUT2D eigenvalue weighted by Gasteiger charge is 2.15. The third kappa shape index (κ3) is 2.33. The van der Waals surface area contributed by atoms with Gasteiger partial charge in [-0.1, -0.05) is 48.0 Å². The van der Waals surface area contributed by atoms with E-state index in [0.29, 0.717) is 0 Å². The van der Waals surface area contributed by atoms with Crippen molar-refractivity contribution in [1.29, 1.82) is 0 Å². The van der Waals surface area contributed by atoms with Gasteiger partial charge >= 0.3 is 0 Å². The number of rotatable bonds is 3. The predicted octanol–water partition coefficient (Wildman–Crippen LogP) is 4.55. The molecule has 0 saturated carbocycles. The molecule has 1 N–H and O–H groups in total. The van der Waals surface area contributed by atoms with Crippen LogP contribution in [-0.4, -0.2) is 24.0 Å². The second kappa shape index (κ2) is 5.31. The zero-order valence-electron chi connectivity index (χ0n) is 11.7. The summed E-state index contributed by atoms with van der Waals surface area (Å²) in [6.45, 7) is 0.880. The van der Waals surface area contributed by atoms with Crippen molar-refractivity contribution in [3.63, 3.8) is 0 Å². The van der Waals surface area contributed by atoms with Gasteiger partial charge in [-0.3, -0.25) is 0 Å². The van der Waals surface area contributed by atoms with Gasteiger partial charge in [0, 0.05) is 28.0 Å². The largest absolute Gasteiger partial charge is 0.354 e. The first kappa shape index (κ1) is 13.2. The Labute approximate surface area is 124 Å². The van der Waals surface area contributed by atoms with Crippen LogP contribution in [0.15, 0.2) is 48.5 Å². The number of hydrogen-bond acceptors (Lipinski definition) is 1. The number of hydrogen-bond donors (Lipinski definition) is 1. The van der Waals surface area contributed by atoms with E-state index in [2.05, 4.69) is 54.3 Å². The Morgan fingerprint density at radius 3 is 2.45 bits per heavy atom. The van der Waals surface area contributed by atoms with Crippen molar-refractivity contribution in [3.8, 4) is 11.3 Å². The minimum Gasteiger partial charge on any atom is -0.354 e. The van der Waals surface area contributed by atoms with Crippen LogP contribution in [-0.2, 0) is 6.54 Å². The summed E-state index contributed by atoms with van der Waals surface area (Å²) in [6, 6.07) is 16.4. The molecule has 0 aliphatic rings. The monoisotopic (exact) mass is 284 g/mol. The Balaban J connectivity index is 2.26. The molecule has 3 aromatic rings. The number of fused-ring (bicyclic) bond motifs is 1. The lowest BCUT2D eigenvalue weighted by Gasteiger charge is -2.12. The molecule has 0 spiro atoms. The maximum Gasteiger partial charge on any atom is 0.0525 e. The Bertz CT molecular complexity index is 744. The number of halogens is 1. The maximum atomic E-state index is 6.36. The average molecular weight is 285 g/mol. The molecule has 0 fully saturated rings. The normalized spacial score (nSPS) is 11.4. The molecule has 102 valence electrons. The molecule has 3 heteroatoms. The van der Waals surface area contributed by atoms with Crippen LogP contribution in [0.3, 0.4) is 0 Å². The molecule has 2 nitrogen and oxygen atoms in total. The predicted molar refractivity (Wildman–Crippen MR) is 86.1 cm³/mol. The number of nitrogens with one attached hydrogen (secondary N) is 1. The smallest absolute Gasteiger partial charge is 0.0525 e. The molecule has 0 bridgehead atoms. The maximum absolute atomic E-state index is 6.36. The van der Waals surface area contributed by atoms with Crippen molar-refractivity contribution in [2.24, 2.45) is 0 Å². The van der Waals surface area contributed by atoms with Crippen molar-refractivity contribution in [2.75, 3.05) is 14.1 Å². The molecule has 3 rings (SSSR count). The topological polar surface area (TPSA) is 19.0 Å². The van der Waals surface area contributed by atoms with Crippen LogP contribution in [0.4, 0.5) is 0 Å². The van der Waals surface area contributed by atoms with Gasteiger partial charge < -0.3 is 9.88 Å². The Morgan fingerprint density at radius 1 is 1.00 bits per heavy atom. The van der Waals surface area contributed by atoms with Crippen LogP contribution in [0.1, 0.15) is 5.56 Å². The van der Waals surface area contributed by atoms with Crippen molar-refractivity contribution in [1.82, 2.24) is 9.88 Å². The van der Waals surface area contributed by atoms with Gasteiger partial charge in [-0.2, -0.15) is 0 Å². The zero-order valence-corrected chi connectivity index (χ0v) is 12.4. The second-order valence-electron chi connectivity index (χ2n) is 5.24. The molecule has 0 saturated heterocycles. The first-order valence-corrected chi connectivity index (χ1v) is 7.04. The minimum atomic E-state index is 0.777. The van der Waals surface area contributed by atoms with Crippen LogP contribution in [0, 0.1) is 0 Å². The van der Waals surface area contributed by atoms with Crippen molar-refractivity contribution < 1.29 is 0 Å². The van der Waals surface area contributed by atoms with E-state index >= 15 is 0 Å². The summed E-state index contributed by atoms with van der Waals surface area (Å²) >= 11 is 6.36. The fourth-order valence-electron chi connectivity index (χ4n) is 2.57. The Hall–Kier alpha value is -1.77. The van der Waals surface area contributed by atoms with Gasteiger partial charge in [-0.25, -0.2) is 0 Å². The molecule has 20 heavy (non-hydrogen) atoms. The lowest BCUT2D eigenvalue weighted by atomic mass is 10.0. The summed E-state index contributed by atoms with van der Waals surface area (Å²) in [4.78, 5) is 5.69. The standard InChI is InChI=1S/C17H17ClN2/c1-20(2)11-14-12-7-4-6-10-16(12)19-17(14)13-8-3-5-9-15(13)18/h3-10,19H,11H2,1-2H3. The average Bonchev–Trinajstić information content (AvgIpc) is 2.78. The number of nitrogens with zero attached hydrogens (tertiary/aromatic N) is 1. The summed E-state index contributed by atoms with van der Waals surface area (Å²) in [5.74, 6) is 0. The van der Waals surface area contributed by atoms with Crippen LogP contribution >= 0.6 is 11.6 Å². The number of para-hydroxylation sites is 1. The lowest BCUT2D eigenvalue weighted by molar-refractivity contribution is 0.404. The van der Waals surface area contributed by atoms with Gasteiger partial charge in [0.25, 0.3) is 0 Å². The molecular formula is C17H17ClN2. The molecule has 1 heterocycles. The van der Waals surface area contributed by atoms with E-state index < -0.39 is 0 Å². The van der Waals surface area contributed by atoms with E-state index in [4.69, 9.17) is 11.6 Å². The summed E-state index contributed by atoms with van der Waals surface area (Å²) < 4.78 is 0. The quantitative estimate of drug-likeness (QED) is 0.747. The van der Waals surface area contributed by atoms with Crippen LogP contribution in [0.25, 0.3) is 22.2 Å². The zero-order chi connectivity index (χ0) is 14.1. The van der Waals surface area contributed by atoms with Crippen LogP contribution in [0.5, 0.6) is 0 Å². The first-order valence-electron chi connectivity index (χ1n) is 6.66. The van der Waals surface area contributed by atoms with E-state index in [0.717, 1.165) is 28.3 Å². The summed E-state index contributed by atoms with van der Waals surface area (Å²) in [5, 5.41) is 2.04. The Morgan fingerprint density at radius 2 is 1.70 bits per heavy atom. The second-order valence-corrected chi connectivity index (χ2v) is 5.65. The molecule has 0 atom stereocenters. The van der Waals surface area contributed by atoms with Gasteiger partial charge in [-0.05, 0) is 31.8 Å². The summed E-state index contributed by atoms with van der Waals surface area (Å²) in [5.41, 5.74) is 4.62. The number of aromatic amines is 1.